The van der Waals surface area contributed by atoms with E-state index in [9.17, 15) is 9.59 Å². The Morgan fingerprint density at radius 1 is 1.43 bits per heavy atom. The van der Waals surface area contributed by atoms with Crippen molar-refractivity contribution in [3.8, 4) is 0 Å². The molecule has 1 aromatic rings. The number of aromatic nitrogens is 2. The molecule has 1 atom stereocenters. The highest BCUT2D eigenvalue weighted by molar-refractivity contribution is 5.73. The molecular formula is C14H20N4O3. The summed E-state index contributed by atoms with van der Waals surface area (Å²) in [5, 5.41) is 11.5. The lowest BCUT2D eigenvalue weighted by Crippen LogP contribution is -2.37. The van der Waals surface area contributed by atoms with Gasteiger partial charge in [0.1, 0.15) is 5.82 Å². The molecule has 1 aliphatic rings. The number of likely N-dealkylation sites (tertiary alicyclic amines) is 1. The minimum absolute atomic E-state index is 0.0413. The zero-order chi connectivity index (χ0) is 15.2. The van der Waals surface area contributed by atoms with Crippen molar-refractivity contribution in [2.75, 3.05) is 25.0 Å². The molecule has 0 unspecified atom stereocenters. The van der Waals surface area contributed by atoms with Crippen molar-refractivity contribution in [2.24, 2.45) is 0 Å². The number of carboxylic acids is 1. The first kappa shape index (κ1) is 15.2. The number of aliphatic carboxylic acids is 1. The zero-order valence-corrected chi connectivity index (χ0v) is 12.1. The highest BCUT2D eigenvalue weighted by Crippen LogP contribution is 2.25. The lowest BCUT2D eigenvalue weighted by molar-refractivity contribution is -0.136. The van der Waals surface area contributed by atoms with Gasteiger partial charge in [-0.25, -0.2) is 4.98 Å². The monoisotopic (exact) mass is 292 g/mol. The second kappa shape index (κ2) is 7.01. The molecule has 1 fully saturated rings. The molecule has 0 radical (unpaired) electrons. The molecule has 1 aliphatic heterocycles. The van der Waals surface area contributed by atoms with E-state index in [1.807, 2.05) is 4.90 Å². The molecular weight excluding hydrogens is 272 g/mol. The van der Waals surface area contributed by atoms with Crippen LogP contribution in [-0.4, -0.2) is 51.5 Å². The number of carbonyl (C=O) groups excluding carboxylic acids is 1. The average Bonchev–Trinajstić information content (AvgIpc) is 2.48. The van der Waals surface area contributed by atoms with Crippen LogP contribution in [0, 0.1) is 0 Å². The Morgan fingerprint density at radius 3 is 2.86 bits per heavy atom. The maximum Gasteiger partial charge on any atom is 0.305 e. The summed E-state index contributed by atoms with van der Waals surface area (Å²) in [6, 6.07) is 0. The second-order valence-electron chi connectivity index (χ2n) is 5.20. The molecule has 1 amide bonds. The predicted molar refractivity (Wildman–Crippen MR) is 77.0 cm³/mol. The highest BCUT2D eigenvalue weighted by atomic mass is 16.4. The van der Waals surface area contributed by atoms with Crippen LogP contribution in [-0.2, 0) is 9.59 Å². The van der Waals surface area contributed by atoms with Gasteiger partial charge in [-0.05, 0) is 12.8 Å². The van der Waals surface area contributed by atoms with E-state index in [1.165, 1.54) is 0 Å². The largest absolute Gasteiger partial charge is 0.481 e. The maximum atomic E-state index is 11.4. The average molecular weight is 292 g/mol. The van der Waals surface area contributed by atoms with E-state index in [0.29, 0.717) is 18.9 Å². The Kier molecular flexibility index (Phi) is 5.08. The van der Waals surface area contributed by atoms with E-state index in [-0.39, 0.29) is 18.2 Å². The number of rotatable bonds is 5. The fourth-order valence-corrected chi connectivity index (χ4v) is 2.44. The van der Waals surface area contributed by atoms with Crippen LogP contribution in [0.15, 0.2) is 12.4 Å². The van der Waals surface area contributed by atoms with Gasteiger partial charge in [-0.3, -0.25) is 14.6 Å². The summed E-state index contributed by atoms with van der Waals surface area (Å²) in [6.07, 6.45) is 5.34. The zero-order valence-electron chi connectivity index (χ0n) is 12.1. The molecule has 2 heterocycles. The van der Waals surface area contributed by atoms with Crippen molar-refractivity contribution in [1.29, 1.82) is 0 Å². The number of carboxylic acid groups (broad SMARTS) is 1. The Bertz CT molecular complexity index is 503. The molecule has 0 spiro atoms. The van der Waals surface area contributed by atoms with Gasteiger partial charge in [0, 0.05) is 32.5 Å². The predicted octanol–water partition coefficient (Wildman–Crippen LogP) is 1.09. The summed E-state index contributed by atoms with van der Waals surface area (Å²) < 4.78 is 0. The van der Waals surface area contributed by atoms with Crippen LogP contribution in [0.3, 0.4) is 0 Å². The second-order valence-corrected chi connectivity index (χ2v) is 5.20. The number of hydrogen-bond acceptors (Lipinski definition) is 5. The number of anilines is 1. The van der Waals surface area contributed by atoms with Crippen LogP contribution >= 0.6 is 0 Å². The molecule has 0 aliphatic carbocycles. The standard InChI is InChI=1S/C14H20N4O3/c1-10(19)18-6-2-3-11(9-18)12-7-17-13(8-16-12)15-5-4-14(20)21/h7-8,11H,2-6,9H2,1H3,(H,15,17)(H,20,21)/t11-/m0/s1. The van der Waals surface area contributed by atoms with Gasteiger partial charge in [0.25, 0.3) is 0 Å². The molecule has 114 valence electrons. The van der Waals surface area contributed by atoms with Gasteiger partial charge < -0.3 is 15.3 Å². The van der Waals surface area contributed by atoms with Gasteiger partial charge in [-0.15, -0.1) is 0 Å². The number of hydrogen-bond donors (Lipinski definition) is 2. The van der Waals surface area contributed by atoms with E-state index in [4.69, 9.17) is 5.11 Å². The number of piperidine rings is 1. The molecule has 21 heavy (non-hydrogen) atoms. The fraction of sp³-hybridized carbons (Fsp3) is 0.571. The molecule has 1 saturated heterocycles. The maximum absolute atomic E-state index is 11.4. The van der Waals surface area contributed by atoms with Crippen molar-refractivity contribution >= 4 is 17.7 Å². The topological polar surface area (TPSA) is 95.4 Å². The summed E-state index contributed by atoms with van der Waals surface area (Å²) in [4.78, 5) is 32.3. The molecule has 1 aromatic heterocycles. The van der Waals surface area contributed by atoms with Gasteiger partial charge in [0.2, 0.25) is 5.91 Å². The lowest BCUT2D eigenvalue weighted by Gasteiger charge is -2.31. The third kappa shape index (κ3) is 4.40. The van der Waals surface area contributed by atoms with Gasteiger partial charge in [-0.1, -0.05) is 0 Å². The van der Waals surface area contributed by atoms with E-state index in [2.05, 4.69) is 15.3 Å². The van der Waals surface area contributed by atoms with Crippen LogP contribution in [0.4, 0.5) is 5.82 Å². The first-order valence-corrected chi connectivity index (χ1v) is 7.09. The highest BCUT2D eigenvalue weighted by Gasteiger charge is 2.23. The van der Waals surface area contributed by atoms with Crippen LogP contribution in [0.1, 0.15) is 37.8 Å². The van der Waals surface area contributed by atoms with Gasteiger partial charge in [-0.2, -0.15) is 0 Å². The van der Waals surface area contributed by atoms with Gasteiger partial charge in [0.15, 0.2) is 0 Å². The molecule has 7 nitrogen and oxygen atoms in total. The fourth-order valence-electron chi connectivity index (χ4n) is 2.44. The number of nitrogens with zero attached hydrogens (tertiary/aromatic N) is 3. The van der Waals surface area contributed by atoms with E-state index in [0.717, 1.165) is 25.1 Å². The molecule has 2 N–H and O–H groups in total. The number of amides is 1. The normalized spacial score (nSPS) is 18.3. The van der Waals surface area contributed by atoms with Crippen molar-refractivity contribution in [3.05, 3.63) is 18.1 Å². The smallest absolute Gasteiger partial charge is 0.305 e. The Morgan fingerprint density at radius 2 is 2.24 bits per heavy atom. The Hall–Kier alpha value is -2.18. The molecule has 0 saturated carbocycles. The minimum atomic E-state index is -0.849. The first-order chi connectivity index (χ1) is 10.1. The molecule has 0 aromatic carbocycles. The summed E-state index contributed by atoms with van der Waals surface area (Å²) in [7, 11) is 0. The molecule has 7 heteroatoms. The van der Waals surface area contributed by atoms with E-state index in [1.54, 1.807) is 19.3 Å². The van der Waals surface area contributed by atoms with Gasteiger partial charge in [0.05, 0.1) is 24.5 Å². The van der Waals surface area contributed by atoms with Crippen molar-refractivity contribution in [2.45, 2.75) is 32.1 Å². The summed E-state index contributed by atoms with van der Waals surface area (Å²) in [5.41, 5.74) is 0.879. The van der Waals surface area contributed by atoms with Crippen LogP contribution < -0.4 is 5.32 Å². The third-order valence-electron chi connectivity index (χ3n) is 3.60. The minimum Gasteiger partial charge on any atom is -0.481 e. The summed E-state index contributed by atoms with van der Waals surface area (Å²) >= 11 is 0. The third-order valence-corrected chi connectivity index (χ3v) is 3.60. The summed E-state index contributed by atoms with van der Waals surface area (Å²) in [6.45, 7) is 3.42. The quantitative estimate of drug-likeness (QED) is 0.843. The van der Waals surface area contributed by atoms with Crippen molar-refractivity contribution in [1.82, 2.24) is 14.9 Å². The van der Waals surface area contributed by atoms with E-state index >= 15 is 0 Å². The number of carbonyl (C=O) groups is 2. The molecule has 2 rings (SSSR count). The first-order valence-electron chi connectivity index (χ1n) is 7.09. The van der Waals surface area contributed by atoms with Crippen molar-refractivity contribution in [3.63, 3.8) is 0 Å². The van der Waals surface area contributed by atoms with Crippen LogP contribution in [0.25, 0.3) is 0 Å². The van der Waals surface area contributed by atoms with Gasteiger partial charge >= 0.3 is 5.97 Å². The van der Waals surface area contributed by atoms with E-state index < -0.39 is 5.97 Å². The number of nitrogens with one attached hydrogen (secondary N) is 1. The summed E-state index contributed by atoms with van der Waals surface area (Å²) in [5.74, 6) is 0.0423. The Labute approximate surface area is 123 Å². The molecule has 0 bridgehead atoms. The Balaban J connectivity index is 1.92. The van der Waals surface area contributed by atoms with Crippen LogP contribution in [0.2, 0.25) is 0 Å². The van der Waals surface area contributed by atoms with Crippen molar-refractivity contribution < 1.29 is 14.7 Å². The van der Waals surface area contributed by atoms with Crippen LogP contribution in [0.5, 0.6) is 0 Å². The SMILES string of the molecule is CC(=O)N1CCC[C@H](c2cnc(NCCC(=O)O)cn2)C1. The lowest BCUT2D eigenvalue weighted by atomic mass is 9.95.